The minimum Gasteiger partial charge on any atom is -0.370 e. The van der Waals surface area contributed by atoms with E-state index in [1.807, 2.05) is 11.8 Å². The summed E-state index contributed by atoms with van der Waals surface area (Å²) in [6.07, 6.45) is 4.34. The van der Waals surface area contributed by atoms with Crippen LogP contribution in [0, 0.1) is 6.92 Å². The number of hydrogen-bond acceptors (Lipinski definition) is 5. The highest BCUT2D eigenvalue weighted by Gasteiger charge is 2.31. The van der Waals surface area contributed by atoms with Crippen LogP contribution in [0.15, 0.2) is 6.33 Å². The molecule has 1 unspecified atom stereocenters. The Hall–Kier alpha value is -1.85. The average Bonchev–Trinajstić information content (AvgIpc) is 2.87. The lowest BCUT2D eigenvalue weighted by Crippen LogP contribution is -2.41. The minimum atomic E-state index is -0.279. The van der Waals surface area contributed by atoms with Gasteiger partial charge in [0.1, 0.15) is 24.0 Å². The fraction of sp³-hybridized carbons (Fsp3) is 0.615. The van der Waals surface area contributed by atoms with E-state index in [1.54, 1.807) is 0 Å². The summed E-state index contributed by atoms with van der Waals surface area (Å²) in [6, 6.07) is -0.243. The van der Waals surface area contributed by atoms with Crippen LogP contribution in [0.4, 0.5) is 11.6 Å². The molecule has 0 bridgehead atoms. The highest BCUT2D eigenvalue weighted by atomic mass is 16.1. The zero-order valence-electron chi connectivity index (χ0n) is 11.5. The Morgan fingerprint density at radius 3 is 3.05 bits per heavy atom. The maximum Gasteiger partial charge on any atom is 0.240 e. The van der Waals surface area contributed by atoms with Crippen LogP contribution < -0.4 is 16.0 Å². The third kappa shape index (κ3) is 2.77. The van der Waals surface area contributed by atoms with Crippen molar-refractivity contribution in [3.05, 3.63) is 11.9 Å². The number of nitrogens with one attached hydrogen (secondary N) is 1. The molecular formula is C13H21N5O. The highest BCUT2D eigenvalue weighted by Crippen LogP contribution is 2.28. The number of nitrogens with two attached hydrogens (primary N) is 1. The number of amides is 1. The van der Waals surface area contributed by atoms with Crippen molar-refractivity contribution in [3.63, 3.8) is 0 Å². The van der Waals surface area contributed by atoms with E-state index in [0.717, 1.165) is 49.6 Å². The van der Waals surface area contributed by atoms with E-state index < -0.39 is 0 Å². The molecule has 1 saturated heterocycles. The van der Waals surface area contributed by atoms with Crippen molar-refractivity contribution >= 4 is 17.5 Å². The second-order valence-electron chi connectivity index (χ2n) is 4.85. The van der Waals surface area contributed by atoms with E-state index >= 15 is 0 Å². The smallest absolute Gasteiger partial charge is 0.240 e. The fourth-order valence-corrected chi connectivity index (χ4v) is 2.47. The number of nitrogens with zero attached hydrogens (tertiary/aromatic N) is 3. The fourth-order valence-electron chi connectivity index (χ4n) is 2.47. The third-order valence-electron chi connectivity index (χ3n) is 3.45. The molecule has 3 N–H and O–H groups in total. The molecule has 1 fully saturated rings. The number of carbonyl (C=O) groups excluding carboxylic acids is 1. The first kappa shape index (κ1) is 13.6. The van der Waals surface area contributed by atoms with Crippen LogP contribution in [0.25, 0.3) is 0 Å². The molecule has 1 aliphatic heterocycles. The molecule has 6 heteroatoms. The molecular weight excluding hydrogens is 242 g/mol. The summed E-state index contributed by atoms with van der Waals surface area (Å²) in [7, 11) is 0. The van der Waals surface area contributed by atoms with Gasteiger partial charge in [-0.25, -0.2) is 9.97 Å². The Labute approximate surface area is 113 Å². The van der Waals surface area contributed by atoms with Gasteiger partial charge in [0.15, 0.2) is 0 Å². The molecule has 19 heavy (non-hydrogen) atoms. The number of hydrogen-bond donors (Lipinski definition) is 2. The quantitative estimate of drug-likeness (QED) is 0.830. The number of rotatable bonds is 5. The number of anilines is 2. The van der Waals surface area contributed by atoms with Crippen molar-refractivity contribution in [2.75, 3.05) is 23.3 Å². The maximum absolute atomic E-state index is 11.5. The van der Waals surface area contributed by atoms with Gasteiger partial charge < -0.3 is 16.0 Å². The van der Waals surface area contributed by atoms with Gasteiger partial charge in [0.05, 0.1) is 0 Å². The number of aromatic nitrogens is 2. The van der Waals surface area contributed by atoms with Gasteiger partial charge >= 0.3 is 0 Å². The standard InChI is InChI=1S/C13H21N5O/c1-3-6-15-12-9(2)13(17-8-16-12)18-7-4-5-10(18)11(14)19/h8,10H,3-7H2,1-2H3,(H2,14,19)(H,15,16,17). The molecule has 0 aliphatic carbocycles. The lowest BCUT2D eigenvalue weighted by molar-refractivity contribution is -0.119. The molecule has 0 saturated carbocycles. The first-order valence-corrected chi connectivity index (χ1v) is 6.76. The largest absolute Gasteiger partial charge is 0.370 e. The molecule has 0 radical (unpaired) electrons. The number of carbonyl (C=O) groups is 1. The van der Waals surface area contributed by atoms with E-state index in [4.69, 9.17) is 5.73 Å². The minimum absolute atomic E-state index is 0.243. The highest BCUT2D eigenvalue weighted by molar-refractivity contribution is 5.84. The van der Waals surface area contributed by atoms with Crippen molar-refractivity contribution in [2.45, 2.75) is 39.2 Å². The maximum atomic E-state index is 11.5. The molecule has 1 atom stereocenters. The van der Waals surface area contributed by atoms with Crippen LogP contribution in [-0.4, -0.2) is 35.0 Å². The second kappa shape index (κ2) is 5.86. The van der Waals surface area contributed by atoms with Crippen LogP contribution in [-0.2, 0) is 4.79 Å². The molecule has 2 rings (SSSR count). The summed E-state index contributed by atoms with van der Waals surface area (Å²) < 4.78 is 0. The van der Waals surface area contributed by atoms with Crippen LogP contribution in [0.2, 0.25) is 0 Å². The van der Waals surface area contributed by atoms with Gasteiger partial charge in [0.2, 0.25) is 5.91 Å². The third-order valence-corrected chi connectivity index (χ3v) is 3.45. The predicted octanol–water partition coefficient (Wildman–Crippen LogP) is 1.06. The first-order chi connectivity index (χ1) is 9.15. The van der Waals surface area contributed by atoms with E-state index in [9.17, 15) is 4.79 Å². The molecule has 1 aromatic rings. The second-order valence-corrected chi connectivity index (χ2v) is 4.85. The van der Waals surface area contributed by atoms with Crippen molar-refractivity contribution < 1.29 is 4.79 Å². The zero-order chi connectivity index (χ0) is 13.8. The normalized spacial score (nSPS) is 18.6. The summed E-state index contributed by atoms with van der Waals surface area (Å²) in [6.45, 7) is 5.77. The van der Waals surface area contributed by atoms with Crippen LogP contribution in [0.1, 0.15) is 31.7 Å². The van der Waals surface area contributed by atoms with Gasteiger partial charge in [-0.05, 0) is 26.2 Å². The van der Waals surface area contributed by atoms with Crippen LogP contribution >= 0.6 is 0 Å². The van der Waals surface area contributed by atoms with Crippen molar-refractivity contribution in [2.24, 2.45) is 5.73 Å². The van der Waals surface area contributed by atoms with Crippen LogP contribution in [0.3, 0.4) is 0 Å². The predicted molar refractivity (Wildman–Crippen MR) is 75.1 cm³/mol. The zero-order valence-corrected chi connectivity index (χ0v) is 11.5. The lowest BCUT2D eigenvalue weighted by atomic mass is 10.2. The van der Waals surface area contributed by atoms with Gasteiger partial charge in [-0.2, -0.15) is 0 Å². The molecule has 1 amide bonds. The van der Waals surface area contributed by atoms with E-state index in [-0.39, 0.29) is 11.9 Å². The Balaban J connectivity index is 2.26. The first-order valence-electron chi connectivity index (χ1n) is 6.76. The van der Waals surface area contributed by atoms with E-state index in [2.05, 4.69) is 22.2 Å². The van der Waals surface area contributed by atoms with Crippen molar-refractivity contribution in [3.8, 4) is 0 Å². The molecule has 104 valence electrons. The average molecular weight is 263 g/mol. The molecule has 2 heterocycles. The van der Waals surface area contributed by atoms with Gasteiger partial charge in [0.25, 0.3) is 0 Å². The lowest BCUT2D eigenvalue weighted by Gasteiger charge is -2.25. The summed E-state index contributed by atoms with van der Waals surface area (Å²) in [5.41, 5.74) is 6.43. The Morgan fingerprint density at radius 2 is 2.37 bits per heavy atom. The molecule has 6 nitrogen and oxygen atoms in total. The Bertz CT molecular complexity index is 462. The van der Waals surface area contributed by atoms with Crippen molar-refractivity contribution in [1.82, 2.24) is 9.97 Å². The summed E-state index contributed by atoms with van der Waals surface area (Å²) in [5.74, 6) is 1.37. The molecule has 1 aromatic heterocycles. The topological polar surface area (TPSA) is 84.1 Å². The molecule has 0 spiro atoms. The van der Waals surface area contributed by atoms with Gasteiger partial charge in [-0.15, -0.1) is 0 Å². The van der Waals surface area contributed by atoms with Gasteiger partial charge in [0, 0.05) is 18.7 Å². The summed E-state index contributed by atoms with van der Waals surface area (Å²) in [4.78, 5) is 22.1. The van der Waals surface area contributed by atoms with E-state index in [0.29, 0.717) is 0 Å². The van der Waals surface area contributed by atoms with Gasteiger partial charge in [-0.3, -0.25) is 4.79 Å². The molecule has 1 aliphatic rings. The van der Waals surface area contributed by atoms with Gasteiger partial charge in [-0.1, -0.05) is 6.92 Å². The SMILES string of the molecule is CCCNc1ncnc(N2CCCC2C(N)=O)c1C. The Morgan fingerprint density at radius 1 is 1.58 bits per heavy atom. The van der Waals surface area contributed by atoms with Crippen LogP contribution in [0.5, 0.6) is 0 Å². The molecule has 0 aromatic carbocycles. The summed E-state index contributed by atoms with van der Waals surface area (Å²) in [5, 5.41) is 3.28. The van der Waals surface area contributed by atoms with E-state index in [1.165, 1.54) is 6.33 Å². The Kier molecular flexibility index (Phi) is 4.19. The number of primary amides is 1. The monoisotopic (exact) mass is 263 g/mol. The van der Waals surface area contributed by atoms with Crippen molar-refractivity contribution in [1.29, 1.82) is 0 Å². The summed E-state index contributed by atoms with van der Waals surface area (Å²) >= 11 is 0.